The first-order valence-corrected chi connectivity index (χ1v) is 10.4. The number of ketones is 1. The normalized spacial score (nSPS) is 17.7. The third-order valence-corrected chi connectivity index (χ3v) is 5.67. The molecule has 0 unspecified atom stereocenters. The van der Waals surface area contributed by atoms with Gasteiger partial charge in [0.05, 0.1) is 25.1 Å². The third-order valence-electron chi connectivity index (χ3n) is 5.67. The van der Waals surface area contributed by atoms with Crippen molar-refractivity contribution < 1.29 is 19.4 Å². The van der Waals surface area contributed by atoms with Crippen LogP contribution in [0.1, 0.15) is 29.2 Å². The topological polar surface area (TPSA) is 84.7 Å². The fraction of sp³-hybridized carbons (Fsp3) is 0.240. The molecule has 4 rings (SSSR count). The van der Waals surface area contributed by atoms with Gasteiger partial charge in [0.1, 0.15) is 11.5 Å². The van der Waals surface area contributed by atoms with Crippen LogP contribution in [0.5, 0.6) is 5.75 Å². The van der Waals surface area contributed by atoms with Gasteiger partial charge < -0.3 is 19.3 Å². The average Bonchev–Trinajstić information content (AvgIpc) is 3.41. The number of Topliss-reactive ketones (excluding diaryl/α,β-unsaturated/α-hetero) is 1. The van der Waals surface area contributed by atoms with E-state index in [1.807, 2.05) is 42.0 Å². The summed E-state index contributed by atoms with van der Waals surface area (Å²) in [6.45, 7) is 2.97. The molecule has 32 heavy (non-hydrogen) atoms. The first kappa shape index (κ1) is 21.4. The lowest BCUT2D eigenvalue weighted by atomic mass is 9.95. The number of aromatic nitrogens is 2. The fourth-order valence-electron chi connectivity index (χ4n) is 3.95. The molecule has 3 aromatic rings. The molecule has 1 N–H and O–H groups in total. The highest BCUT2D eigenvalue weighted by Crippen LogP contribution is 2.39. The van der Waals surface area contributed by atoms with Crippen molar-refractivity contribution in [3.8, 4) is 5.75 Å². The van der Waals surface area contributed by atoms with Gasteiger partial charge in [-0.25, -0.2) is 4.98 Å². The number of carbonyl (C=O) groups is 2. The van der Waals surface area contributed by atoms with Crippen molar-refractivity contribution in [2.75, 3.05) is 13.7 Å². The first-order valence-electron chi connectivity index (χ1n) is 10.4. The Balaban J connectivity index is 1.72. The second-order valence-electron chi connectivity index (χ2n) is 7.79. The Kier molecular flexibility index (Phi) is 6.07. The number of methoxy groups -OCH3 is 1. The Labute approximate surface area is 186 Å². The summed E-state index contributed by atoms with van der Waals surface area (Å²) in [5, 5.41) is 11.1. The number of hydrogen-bond acceptors (Lipinski definition) is 5. The fourth-order valence-corrected chi connectivity index (χ4v) is 3.95. The molecule has 2 aromatic carbocycles. The summed E-state index contributed by atoms with van der Waals surface area (Å²) in [5.41, 5.74) is 2.38. The summed E-state index contributed by atoms with van der Waals surface area (Å²) in [6.07, 6.45) is 5.91. The van der Waals surface area contributed by atoms with E-state index in [4.69, 9.17) is 4.74 Å². The molecule has 0 bridgehead atoms. The number of aliphatic hydroxyl groups excluding tert-OH is 1. The number of likely N-dealkylation sites (tertiary alicyclic amines) is 1. The lowest BCUT2D eigenvalue weighted by Crippen LogP contribution is -2.31. The van der Waals surface area contributed by atoms with Gasteiger partial charge in [0.15, 0.2) is 0 Å². The molecule has 1 saturated heterocycles. The van der Waals surface area contributed by atoms with Crippen molar-refractivity contribution in [1.29, 1.82) is 0 Å². The monoisotopic (exact) mass is 431 g/mol. The molecule has 1 atom stereocenters. The zero-order chi connectivity index (χ0) is 22.7. The van der Waals surface area contributed by atoms with Crippen molar-refractivity contribution in [3.05, 3.63) is 89.5 Å². The number of aliphatic hydroxyl groups is 1. The molecule has 1 aliphatic rings. The smallest absolute Gasteiger partial charge is 0.295 e. The van der Waals surface area contributed by atoms with Crippen molar-refractivity contribution in [3.63, 3.8) is 0 Å². The van der Waals surface area contributed by atoms with Crippen LogP contribution < -0.4 is 4.74 Å². The number of imidazole rings is 1. The highest BCUT2D eigenvalue weighted by Gasteiger charge is 2.45. The molecule has 1 aromatic heterocycles. The summed E-state index contributed by atoms with van der Waals surface area (Å²) >= 11 is 0. The zero-order valence-electron chi connectivity index (χ0n) is 18.1. The number of rotatable bonds is 7. The summed E-state index contributed by atoms with van der Waals surface area (Å²) in [4.78, 5) is 31.6. The first-order chi connectivity index (χ1) is 15.5. The maximum Gasteiger partial charge on any atom is 0.295 e. The predicted molar refractivity (Wildman–Crippen MR) is 120 cm³/mol. The molecular weight excluding hydrogens is 406 g/mol. The van der Waals surface area contributed by atoms with E-state index in [0.717, 1.165) is 11.1 Å². The van der Waals surface area contributed by atoms with Gasteiger partial charge in [-0.3, -0.25) is 9.59 Å². The van der Waals surface area contributed by atoms with Crippen LogP contribution >= 0.6 is 0 Å². The van der Waals surface area contributed by atoms with E-state index in [1.54, 1.807) is 48.8 Å². The Morgan fingerprint density at radius 2 is 1.78 bits per heavy atom. The van der Waals surface area contributed by atoms with E-state index in [9.17, 15) is 14.7 Å². The molecule has 1 fully saturated rings. The summed E-state index contributed by atoms with van der Waals surface area (Å²) in [7, 11) is 1.58. The van der Waals surface area contributed by atoms with Crippen LogP contribution in [-0.4, -0.2) is 44.9 Å². The van der Waals surface area contributed by atoms with E-state index in [1.165, 1.54) is 0 Å². The lowest BCUT2D eigenvalue weighted by molar-refractivity contribution is -0.139. The minimum absolute atomic E-state index is 0.103. The van der Waals surface area contributed by atoms with Gasteiger partial charge in [-0.05, 0) is 31.0 Å². The van der Waals surface area contributed by atoms with Crippen molar-refractivity contribution in [2.24, 2.45) is 0 Å². The van der Waals surface area contributed by atoms with Gasteiger partial charge in [-0.2, -0.15) is 0 Å². The number of ether oxygens (including phenoxy) is 1. The van der Waals surface area contributed by atoms with Gasteiger partial charge in [0.2, 0.25) is 0 Å². The van der Waals surface area contributed by atoms with Gasteiger partial charge in [0, 0.05) is 31.0 Å². The Morgan fingerprint density at radius 1 is 1.06 bits per heavy atom. The highest BCUT2D eigenvalue weighted by molar-refractivity contribution is 6.46. The molecule has 0 aliphatic carbocycles. The Morgan fingerprint density at radius 3 is 2.41 bits per heavy atom. The SMILES string of the molecule is COc1ccc([C@H]2C(=C(O)c3ccc(C)cc3)C(=O)C(=O)N2CCCn2ccnc2)cc1. The van der Waals surface area contributed by atoms with E-state index in [2.05, 4.69) is 4.98 Å². The van der Waals surface area contributed by atoms with E-state index in [-0.39, 0.29) is 11.3 Å². The molecule has 7 nitrogen and oxygen atoms in total. The number of aryl methyl sites for hydroxylation is 2. The van der Waals surface area contributed by atoms with E-state index >= 15 is 0 Å². The lowest BCUT2D eigenvalue weighted by Gasteiger charge is -2.25. The minimum atomic E-state index is -0.676. The van der Waals surface area contributed by atoms with Crippen LogP contribution in [0.3, 0.4) is 0 Å². The standard InChI is InChI=1S/C25H25N3O4/c1-17-4-6-19(7-5-17)23(29)21-22(18-8-10-20(32-2)11-9-18)28(25(31)24(21)30)14-3-13-27-15-12-26-16-27/h4-12,15-16,22,29H,3,13-14H2,1-2H3/t22-/m0/s1. The number of amides is 1. The molecule has 0 saturated carbocycles. The molecular formula is C25H25N3O4. The molecule has 0 spiro atoms. The quantitative estimate of drug-likeness (QED) is 0.350. The van der Waals surface area contributed by atoms with Crippen LogP contribution in [-0.2, 0) is 16.1 Å². The van der Waals surface area contributed by atoms with Crippen molar-refractivity contribution in [1.82, 2.24) is 14.5 Å². The molecule has 7 heteroatoms. The summed E-state index contributed by atoms with van der Waals surface area (Å²) in [5.74, 6) is -0.776. The van der Waals surface area contributed by atoms with Gasteiger partial charge in [-0.15, -0.1) is 0 Å². The van der Waals surface area contributed by atoms with Crippen LogP contribution in [0, 0.1) is 6.92 Å². The van der Waals surface area contributed by atoms with Crippen LogP contribution in [0.4, 0.5) is 0 Å². The molecule has 1 aliphatic heterocycles. The Hall–Kier alpha value is -3.87. The minimum Gasteiger partial charge on any atom is -0.507 e. The number of benzene rings is 2. The molecule has 2 heterocycles. The maximum atomic E-state index is 13.0. The van der Waals surface area contributed by atoms with Crippen molar-refractivity contribution >= 4 is 17.4 Å². The van der Waals surface area contributed by atoms with E-state index < -0.39 is 17.7 Å². The van der Waals surface area contributed by atoms with Gasteiger partial charge in [0.25, 0.3) is 11.7 Å². The van der Waals surface area contributed by atoms with Crippen molar-refractivity contribution in [2.45, 2.75) is 25.9 Å². The summed E-state index contributed by atoms with van der Waals surface area (Å²) in [6, 6.07) is 13.8. The average molecular weight is 431 g/mol. The highest BCUT2D eigenvalue weighted by atomic mass is 16.5. The number of carbonyl (C=O) groups excluding carboxylic acids is 2. The molecule has 1 amide bonds. The van der Waals surface area contributed by atoms with Gasteiger partial charge >= 0.3 is 0 Å². The Bertz CT molecular complexity index is 1130. The maximum absolute atomic E-state index is 13.0. The van der Waals surface area contributed by atoms with Crippen LogP contribution in [0.25, 0.3) is 5.76 Å². The van der Waals surface area contributed by atoms with E-state index in [0.29, 0.717) is 30.8 Å². The molecule has 164 valence electrons. The summed E-state index contributed by atoms with van der Waals surface area (Å²) < 4.78 is 7.17. The zero-order valence-corrected chi connectivity index (χ0v) is 18.1. The molecule has 0 radical (unpaired) electrons. The number of hydrogen-bond donors (Lipinski definition) is 1. The predicted octanol–water partition coefficient (Wildman–Crippen LogP) is 3.71. The third kappa shape index (κ3) is 4.14. The second kappa shape index (κ2) is 9.09. The largest absolute Gasteiger partial charge is 0.507 e. The van der Waals surface area contributed by atoms with Gasteiger partial charge in [-0.1, -0.05) is 42.0 Å². The number of nitrogens with zero attached hydrogens (tertiary/aromatic N) is 3. The van der Waals surface area contributed by atoms with Crippen LogP contribution in [0.2, 0.25) is 0 Å². The van der Waals surface area contributed by atoms with Crippen LogP contribution in [0.15, 0.2) is 72.8 Å². The second-order valence-corrected chi connectivity index (χ2v) is 7.79.